The topological polar surface area (TPSA) is 38.0 Å². The van der Waals surface area contributed by atoms with Gasteiger partial charge in [-0.3, -0.25) is 0 Å². The van der Waals surface area contributed by atoms with Crippen molar-refractivity contribution < 1.29 is 4.39 Å². The lowest BCUT2D eigenvalue weighted by Crippen LogP contribution is -1.97. The van der Waals surface area contributed by atoms with E-state index in [4.69, 9.17) is 17.3 Å². The molecular weight excluding hydrogens is 239 g/mol. The molecule has 88 valence electrons. The summed E-state index contributed by atoms with van der Waals surface area (Å²) in [6.45, 7) is 1.72. The van der Waals surface area contributed by atoms with Crippen molar-refractivity contribution in [1.82, 2.24) is 0 Å². The van der Waals surface area contributed by atoms with E-state index in [2.05, 4.69) is 5.32 Å². The van der Waals surface area contributed by atoms with Gasteiger partial charge in [-0.05, 0) is 42.8 Å². The van der Waals surface area contributed by atoms with E-state index in [0.717, 1.165) is 0 Å². The molecule has 0 radical (unpaired) electrons. The normalized spacial score (nSPS) is 10.3. The van der Waals surface area contributed by atoms with Crippen LogP contribution < -0.4 is 11.1 Å². The highest BCUT2D eigenvalue weighted by molar-refractivity contribution is 6.31. The first kappa shape index (κ1) is 11.7. The van der Waals surface area contributed by atoms with E-state index in [1.54, 1.807) is 37.3 Å². The van der Waals surface area contributed by atoms with E-state index in [9.17, 15) is 4.39 Å². The van der Waals surface area contributed by atoms with Crippen molar-refractivity contribution in [3.63, 3.8) is 0 Å². The van der Waals surface area contributed by atoms with Crippen molar-refractivity contribution in [3.05, 3.63) is 52.8 Å². The minimum atomic E-state index is -0.248. The number of aryl methyl sites for hydroxylation is 1. The smallest absolute Gasteiger partial charge is 0.128 e. The second kappa shape index (κ2) is 4.63. The highest BCUT2D eigenvalue weighted by Gasteiger charge is 2.03. The molecule has 0 atom stereocenters. The van der Waals surface area contributed by atoms with Crippen LogP contribution in [-0.2, 0) is 0 Å². The highest BCUT2D eigenvalue weighted by Crippen LogP contribution is 2.26. The summed E-state index contributed by atoms with van der Waals surface area (Å²) in [6.07, 6.45) is 0. The summed E-state index contributed by atoms with van der Waals surface area (Å²) in [4.78, 5) is 0. The summed E-state index contributed by atoms with van der Waals surface area (Å²) in [5, 5.41) is 3.62. The van der Waals surface area contributed by atoms with E-state index in [-0.39, 0.29) is 5.82 Å². The molecule has 0 spiro atoms. The third kappa shape index (κ3) is 2.68. The summed E-state index contributed by atoms with van der Waals surface area (Å²) in [5.74, 6) is -0.248. The Labute approximate surface area is 104 Å². The van der Waals surface area contributed by atoms with E-state index in [0.29, 0.717) is 27.6 Å². The van der Waals surface area contributed by atoms with Gasteiger partial charge in [0, 0.05) is 10.7 Å². The second-order valence-corrected chi connectivity index (χ2v) is 4.26. The van der Waals surface area contributed by atoms with Crippen molar-refractivity contribution in [2.24, 2.45) is 0 Å². The average molecular weight is 251 g/mol. The minimum Gasteiger partial charge on any atom is -0.397 e. The Balaban J connectivity index is 2.28. The maximum atomic E-state index is 13.4. The maximum Gasteiger partial charge on any atom is 0.128 e. The second-order valence-electron chi connectivity index (χ2n) is 3.82. The van der Waals surface area contributed by atoms with Crippen LogP contribution in [0, 0.1) is 12.7 Å². The molecule has 2 aromatic carbocycles. The van der Waals surface area contributed by atoms with Crippen LogP contribution in [0.3, 0.4) is 0 Å². The van der Waals surface area contributed by atoms with Gasteiger partial charge in [-0.25, -0.2) is 4.39 Å². The van der Waals surface area contributed by atoms with Crippen molar-refractivity contribution in [2.75, 3.05) is 11.1 Å². The molecule has 0 aromatic heterocycles. The van der Waals surface area contributed by atoms with Crippen LogP contribution in [0.15, 0.2) is 36.4 Å². The molecule has 0 fully saturated rings. The molecule has 0 amide bonds. The summed E-state index contributed by atoms with van der Waals surface area (Å²) in [7, 11) is 0. The number of hydrogen-bond donors (Lipinski definition) is 2. The molecular formula is C13H12ClFN2. The monoisotopic (exact) mass is 250 g/mol. The fourth-order valence-electron chi connectivity index (χ4n) is 1.47. The van der Waals surface area contributed by atoms with Gasteiger partial charge in [0.2, 0.25) is 0 Å². The lowest BCUT2D eigenvalue weighted by atomic mass is 10.2. The van der Waals surface area contributed by atoms with E-state index < -0.39 is 0 Å². The van der Waals surface area contributed by atoms with Crippen LogP contribution >= 0.6 is 11.6 Å². The van der Waals surface area contributed by atoms with Crippen LogP contribution in [0.1, 0.15) is 5.56 Å². The summed E-state index contributed by atoms with van der Waals surface area (Å²) >= 11 is 5.80. The molecule has 0 bridgehead atoms. The van der Waals surface area contributed by atoms with Gasteiger partial charge in [0.25, 0.3) is 0 Å². The van der Waals surface area contributed by atoms with Crippen molar-refractivity contribution in [2.45, 2.75) is 6.92 Å². The quantitative estimate of drug-likeness (QED) is 0.787. The largest absolute Gasteiger partial charge is 0.397 e. The molecule has 0 unspecified atom stereocenters. The molecule has 0 saturated carbocycles. The molecule has 0 aliphatic carbocycles. The first-order valence-corrected chi connectivity index (χ1v) is 5.52. The van der Waals surface area contributed by atoms with Crippen molar-refractivity contribution in [1.29, 1.82) is 0 Å². The van der Waals surface area contributed by atoms with Gasteiger partial charge in [0.15, 0.2) is 0 Å². The van der Waals surface area contributed by atoms with Crippen molar-refractivity contribution >= 4 is 28.7 Å². The number of benzene rings is 2. The highest BCUT2D eigenvalue weighted by atomic mass is 35.5. The molecule has 0 aliphatic heterocycles. The van der Waals surface area contributed by atoms with Gasteiger partial charge in [-0.1, -0.05) is 17.7 Å². The lowest BCUT2D eigenvalue weighted by molar-refractivity contribution is 0.619. The Kier molecular flexibility index (Phi) is 3.20. The van der Waals surface area contributed by atoms with Gasteiger partial charge in [0.1, 0.15) is 5.82 Å². The number of rotatable bonds is 2. The number of hydrogen-bond acceptors (Lipinski definition) is 2. The van der Waals surface area contributed by atoms with Crippen LogP contribution in [0.4, 0.5) is 21.5 Å². The first-order valence-electron chi connectivity index (χ1n) is 5.14. The minimum absolute atomic E-state index is 0.248. The SMILES string of the molecule is Cc1ccc(Nc2ccc(Cl)cc2N)cc1F. The molecule has 0 heterocycles. The zero-order valence-corrected chi connectivity index (χ0v) is 10.1. The molecule has 2 rings (SSSR count). The van der Waals surface area contributed by atoms with Crippen LogP contribution in [-0.4, -0.2) is 0 Å². The predicted molar refractivity (Wildman–Crippen MR) is 70.3 cm³/mol. The zero-order chi connectivity index (χ0) is 12.4. The van der Waals surface area contributed by atoms with Gasteiger partial charge in [0.05, 0.1) is 11.4 Å². The summed E-state index contributed by atoms with van der Waals surface area (Å²) < 4.78 is 13.4. The molecule has 2 aromatic rings. The third-order valence-electron chi connectivity index (χ3n) is 2.46. The molecule has 3 N–H and O–H groups in total. The van der Waals surface area contributed by atoms with Gasteiger partial charge >= 0.3 is 0 Å². The number of nitrogen functional groups attached to an aromatic ring is 1. The van der Waals surface area contributed by atoms with Gasteiger partial charge in [-0.15, -0.1) is 0 Å². The maximum absolute atomic E-state index is 13.4. The van der Waals surface area contributed by atoms with Crippen LogP contribution in [0.5, 0.6) is 0 Å². The Hall–Kier alpha value is -1.74. The van der Waals surface area contributed by atoms with Crippen molar-refractivity contribution in [3.8, 4) is 0 Å². The fourth-order valence-corrected chi connectivity index (χ4v) is 1.65. The molecule has 17 heavy (non-hydrogen) atoms. The fraction of sp³-hybridized carbons (Fsp3) is 0.0769. The molecule has 0 aliphatic rings. The molecule has 2 nitrogen and oxygen atoms in total. The van der Waals surface area contributed by atoms with Gasteiger partial charge < -0.3 is 11.1 Å². The lowest BCUT2D eigenvalue weighted by Gasteiger charge is -2.10. The number of halogens is 2. The third-order valence-corrected chi connectivity index (χ3v) is 2.70. The number of nitrogens with two attached hydrogens (primary N) is 1. The van der Waals surface area contributed by atoms with E-state index >= 15 is 0 Å². The number of anilines is 3. The average Bonchev–Trinajstić information content (AvgIpc) is 2.27. The summed E-state index contributed by atoms with van der Waals surface area (Å²) in [6, 6.07) is 10.1. The molecule has 0 saturated heterocycles. The predicted octanol–water partition coefficient (Wildman–Crippen LogP) is 4.11. The standard InChI is InChI=1S/C13H12ClFN2/c1-8-2-4-10(7-11(8)15)17-13-5-3-9(14)6-12(13)16/h2-7,17H,16H2,1H3. The zero-order valence-electron chi connectivity index (χ0n) is 9.30. The Bertz CT molecular complexity index is 555. The molecule has 4 heteroatoms. The number of nitrogens with one attached hydrogen (secondary N) is 1. The first-order chi connectivity index (χ1) is 8.06. The van der Waals surface area contributed by atoms with Crippen LogP contribution in [0.25, 0.3) is 0 Å². The van der Waals surface area contributed by atoms with E-state index in [1.165, 1.54) is 6.07 Å². The van der Waals surface area contributed by atoms with Gasteiger partial charge in [-0.2, -0.15) is 0 Å². The Morgan fingerprint density at radius 3 is 2.59 bits per heavy atom. The Morgan fingerprint density at radius 1 is 1.18 bits per heavy atom. The Morgan fingerprint density at radius 2 is 1.94 bits per heavy atom. The summed E-state index contributed by atoms with van der Waals surface area (Å²) in [5.41, 5.74) is 8.29. The van der Waals surface area contributed by atoms with Crippen LogP contribution in [0.2, 0.25) is 5.02 Å². The van der Waals surface area contributed by atoms with E-state index in [1.807, 2.05) is 0 Å².